The minimum Gasteiger partial charge on any atom is -0.478 e. The fraction of sp³-hybridized carbons (Fsp3) is 0.0769. The highest BCUT2D eigenvalue weighted by Crippen LogP contribution is 2.37. The number of nitrogens with one attached hydrogen (secondary N) is 3. The molecule has 0 bridgehead atoms. The Kier molecular flexibility index (Phi) is 11.3. The monoisotopic (exact) mass is 670 g/mol. The molecule has 0 radical (unpaired) electrons. The van der Waals surface area contributed by atoms with Crippen molar-refractivity contribution >= 4 is 58.6 Å². The van der Waals surface area contributed by atoms with Crippen molar-refractivity contribution < 1.29 is 24.3 Å². The van der Waals surface area contributed by atoms with Gasteiger partial charge in [0.15, 0.2) is 0 Å². The van der Waals surface area contributed by atoms with Gasteiger partial charge in [0, 0.05) is 41.6 Å². The summed E-state index contributed by atoms with van der Waals surface area (Å²) in [4.78, 5) is 54.0. The van der Waals surface area contributed by atoms with Gasteiger partial charge in [0.1, 0.15) is 10.9 Å². The second kappa shape index (κ2) is 16.1. The van der Waals surface area contributed by atoms with E-state index < -0.39 is 23.0 Å². The van der Waals surface area contributed by atoms with Crippen molar-refractivity contribution in [3.05, 3.63) is 161 Å². The summed E-state index contributed by atoms with van der Waals surface area (Å²) in [5.74, 6) is -2.24. The van der Waals surface area contributed by atoms with Crippen LogP contribution in [0.4, 0.5) is 17.1 Å². The van der Waals surface area contributed by atoms with Crippen LogP contribution in [0.1, 0.15) is 37.1 Å². The molecule has 4 N–H and O–H groups in total. The number of carboxylic acid groups (broad SMARTS) is 1. The SMILES string of the molecule is CN(C)c1ccc(/C=C(\NC(=O)c2ccccc2)C(=O)Nc2ccc(SC(C(=O)Nc3ccc(C(=O)O)cc3)c3ccccc3)cc2)cc1. The summed E-state index contributed by atoms with van der Waals surface area (Å²) in [5, 5.41) is 17.1. The van der Waals surface area contributed by atoms with E-state index in [0.717, 1.165) is 21.7 Å². The number of benzene rings is 5. The first-order valence-corrected chi connectivity index (χ1v) is 16.2. The maximum Gasteiger partial charge on any atom is 0.335 e. The van der Waals surface area contributed by atoms with Gasteiger partial charge in [-0.1, -0.05) is 60.7 Å². The molecule has 1 unspecified atom stereocenters. The summed E-state index contributed by atoms with van der Waals surface area (Å²) in [6.07, 6.45) is 1.62. The van der Waals surface area contributed by atoms with Crippen molar-refractivity contribution in [2.75, 3.05) is 29.6 Å². The summed E-state index contributed by atoms with van der Waals surface area (Å²) in [6.45, 7) is 0. The van der Waals surface area contributed by atoms with Crippen molar-refractivity contribution in [3.8, 4) is 0 Å². The fourth-order valence-corrected chi connectivity index (χ4v) is 5.76. The minimum absolute atomic E-state index is 0.0714. The highest BCUT2D eigenvalue weighted by molar-refractivity contribution is 8.00. The highest BCUT2D eigenvalue weighted by Gasteiger charge is 2.23. The molecule has 0 fully saturated rings. The van der Waals surface area contributed by atoms with E-state index >= 15 is 0 Å². The van der Waals surface area contributed by atoms with E-state index in [9.17, 15) is 24.3 Å². The lowest BCUT2D eigenvalue weighted by Gasteiger charge is -2.18. The Hall–Kier alpha value is -6.13. The zero-order valence-corrected chi connectivity index (χ0v) is 27.6. The molecule has 0 aliphatic heterocycles. The van der Waals surface area contributed by atoms with Crippen LogP contribution in [-0.2, 0) is 9.59 Å². The van der Waals surface area contributed by atoms with Crippen molar-refractivity contribution in [2.24, 2.45) is 0 Å². The van der Waals surface area contributed by atoms with Gasteiger partial charge in [-0.3, -0.25) is 14.4 Å². The van der Waals surface area contributed by atoms with Crippen LogP contribution < -0.4 is 20.9 Å². The van der Waals surface area contributed by atoms with Gasteiger partial charge in [-0.2, -0.15) is 0 Å². The van der Waals surface area contributed by atoms with Crippen LogP contribution in [0.25, 0.3) is 6.08 Å². The number of carboxylic acids is 1. The number of anilines is 3. The van der Waals surface area contributed by atoms with Crippen LogP contribution in [0.5, 0.6) is 0 Å². The molecule has 0 aromatic heterocycles. The second-order valence-corrected chi connectivity index (χ2v) is 12.3. The molecular weight excluding hydrogens is 637 g/mol. The van der Waals surface area contributed by atoms with E-state index in [0.29, 0.717) is 16.9 Å². The van der Waals surface area contributed by atoms with Gasteiger partial charge in [-0.15, -0.1) is 11.8 Å². The standard InChI is InChI=1S/C39H34N4O5S/c1-43(2)32-21-13-26(14-22-32)25-34(42-36(44)28-11-7-4-8-12-28)37(45)40-31-19-23-33(24-20-31)49-35(27-9-5-3-6-10-27)38(46)41-30-17-15-29(16-18-30)39(47)48/h3-25,35H,1-2H3,(H,40,45)(H,41,46)(H,42,44)(H,47,48)/b34-25-. The molecule has 9 nitrogen and oxygen atoms in total. The van der Waals surface area contributed by atoms with Crippen molar-refractivity contribution in [1.82, 2.24) is 5.32 Å². The Labute approximate surface area is 288 Å². The van der Waals surface area contributed by atoms with Gasteiger partial charge in [0.25, 0.3) is 11.8 Å². The number of hydrogen-bond donors (Lipinski definition) is 4. The van der Waals surface area contributed by atoms with Crippen LogP contribution in [0.2, 0.25) is 0 Å². The molecule has 0 aliphatic rings. The molecule has 0 heterocycles. The zero-order chi connectivity index (χ0) is 34.8. The Morgan fingerprint density at radius 2 is 1.24 bits per heavy atom. The molecule has 0 saturated heterocycles. The Balaban J connectivity index is 1.32. The van der Waals surface area contributed by atoms with Gasteiger partial charge < -0.3 is 26.0 Å². The molecule has 0 spiro atoms. The molecule has 246 valence electrons. The quantitative estimate of drug-likeness (QED) is 0.0809. The maximum absolute atomic E-state index is 13.5. The lowest BCUT2D eigenvalue weighted by Crippen LogP contribution is -2.30. The van der Waals surface area contributed by atoms with Gasteiger partial charge in [0.2, 0.25) is 5.91 Å². The van der Waals surface area contributed by atoms with Crippen molar-refractivity contribution in [1.29, 1.82) is 0 Å². The lowest BCUT2D eigenvalue weighted by atomic mass is 10.1. The number of carbonyl (C=O) groups excluding carboxylic acids is 3. The molecule has 10 heteroatoms. The van der Waals surface area contributed by atoms with Gasteiger partial charge >= 0.3 is 5.97 Å². The Morgan fingerprint density at radius 3 is 1.84 bits per heavy atom. The molecule has 0 saturated carbocycles. The number of rotatable bonds is 12. The number of hydrogen-bond acceptors (Lipinski definition) is 6. The Morgan fingerprint density at radius 1 is 0.673 bits per heavy atom. The van der Waals surface area contributed by atoms with Gasteiger partial charge in [-0.25, -0.2) is 4.79 Å². The second-order valence-electron chi connectivity index (χ2n) is 11.1. The molecular formula is C39H34N4O5S. The van der Waals surface area contributed by atoms with E-state index in [1.807, 2.05) is 79.7 Å². The lowest BCUT2D eigenvalue weighted by molar-refractivity contribution is -0.116. The molecule has 5 rings (SSSR count). The van der Waals surface area contributed by atoms with E-state index in [4.69, 9.17) is 0 Å². The van der Waals surface area contributed by atoms with Crippen LogP contribution in [0, 0.1) is 0 Å². The van der Waals surface area contributed by atoms with Crippen LogP contribution in [0.15, 0.2) is 144 Å². The predicted molar refractivity (Wildman–Crippen MR) is 195 cm³/mol. The molecule has 5 aromatic rings. The van der Waals surface area contributed by atoms with E-state index in [-0.39, 0.29) is 17.2 Å². The predicted octanol–water partition coefficient (Wildman–Crippen LogP) is 7.33. The molecule has 5 aromatic carbocycles. The van der Waals surface area contributed by atoms with Gasteiger partial charge in [-0.05, 0) is 90.0 Å². The zero-order valence-electron chi connectivity index (χ0n) is 26.8. The van der Waals surface area contributed by atoms with E-state index in [2.05, 4.69) is 16.0 Å². The highest BCUT2D eigenvalue weighted by atomic mass is 32.2. The third-order valence-corrected chi connectivity index (χ3v) is 8.62. The fourth-order valence-electron chi connectivity index (χ4n) is 4.73. The van der Waals surface area contributed by atoms with Crippen LogP contribution in [0.3, 0.4) is 0 Å². The minimum atomic E-state index is -1.05. The largest absolute Gasteiger partial charge is 0.478 e. The summed E-state index contributed by atoms with van der Waals surface area (Å²) >= 11 is 1.33. The van der Waals surface area contributed by atoms with E-state index in [1.165, 1.54) is 23.9 Å². The summed E-state index contributed by atoms with van der Waals surface area (Å²) in [7, 11) is 3.88. The summed E-state index contributed by atoms with van der Waals surface area (Å²) in [6, 6.07) is 38.6. The third kappa shape index (κ3) is 9.46. The normalized spacial score (nSPS) is 11.6. The number of amides is 3. The molecule has 1 atom stereocenters. The maximum atomic E-state index is 13.5. The Bertz CT molecular complexity index is 1950. The average Bonchev–Trinajstić information content (AvgIpc) is 3.12. The molecule has 3 amide bonds. The number of nitrogens with zero attached hydrogens (tertiary/aromatic N) is 1. The van der Waals surface area contributed by atoms with Crippen molar-refractivity contribution in [3.63, 3.8) is 0 Å². The number of carbonyl (C=O) groups is 4. The summed E-state index contributed by atoms with van der Waals surface area (Å²) in [5.41, 5.74) is 4.10. The molecule has 0 aliphatic carbocycles. The smallest absolute Gasteiger partial charge is 0.335 e. The third-order valence-electron chi connectivity index (χ3n) is 7.36. The first-order valence-electron chi connectivity index (χ1n) is 15.3. The summed E-state index contributed by atoms with van der Waals surface area (Å²) < 4.78 is 0. The topological polar surface area (TPSA) is 128 Å². The first kappa shape index (κ1) is 34.2. The molecule has 49 heavy (non-hydrogen) atoms. The first-order chi connectivity index (χ1) is 23.7. The van der Waals surface area contributed by atoms with Crippen LogP contribution >= 0.6 is 11.8 Å². The number of aromatic carboxylic acids is 1. The average molecular weight is 671 g/mol. The van der Waals surface area contributed by atoms with E-state index in [1.54, 1.807) is 66.7 Å². The van der Waals surface area contributed by atoms with Gasteiger partial charge in [0.05, 0.1) is 5.56 Å². The van der Waals surface area contributed by atoms with Crippen molar-refractivity contribution in [2.45, 2.75) is 10.1 Å². The van der Waals surface area contributed by atoms with Crippen LogP contribution in [-0.4, -0.2) is 42.9 Å². The number of thioether (sulfide) groups is 1.